The number of hydrogen-bond donors (Lipinski definition) is 1. The third kappa shape index (κ3) is 3.35. The van der Waals surface area contributed by atoms with Crippen molar-refractivity contribution in [3.63, 3.8) is 0 Å². The zero-order valence-electron chi connectivity index (χ0n) is 14.0. The smallest absolute Gasteiger partial charge is 0.278 e. The molecule has 7 nitrogen and oxygen atoms in total. The Morgan fingerprint density at radius 3 is 2.80 bits per heavy atom. The Balaban J connectivity index is 1.92. The van der Waals surface area contributed by atoms with Gasteiger partial charge in [-0.2, -0.15) is 4.68 Å². The number of ether oxygens (including phenoxy) is 1. The molecule has 1 aromatic heterocycles. The summed E-state index contributed by atoms with van der Waals surface area (Å²) in [6, 6.07) is 13.2. The Hall–Kier alpha value is -3.22. The van der Waals surface area contributed by atoms with Gasteiger partial charge in [0.2, 0.25) is 5.91 Å². The van der Waals surface area contributed by atoms with Crippen molar-refractivity contribution >= 4 is 22.5 Å². The minimum absolute atomic E-state index is 0.331. The van der Waals surface area contributed by atoms with Crippen molar-refractivity contribution in [2.75, 3.05) is 12.4 Å². The Kier molecular flexibility index (Phi) is 4.74. The summed E-state index contributed by atoms with van der Waals surface area (Å²) in [7, 11) is 1.56. The van der Waals surface area contributed by atoms with Crippen LogP contribution in [0.5, 0.6) is 5.75 Å². The molecule has 1 amide bonds. The van der Waals surface area contributed by atoms with Crippen LogP contribution < -0.4 is 15.6 Å². The maximum absolute atomic E-state index is 12.7. The lowest BCUT2D eigenvalue weighted by Crippen LogP contribution is -2.35. The van der Waals surface area contributed by atoms with Gasteiger partial charge < -0.3 is 10.1 Å². The molecule has 0 saturated carbocycles. The van der Waals surface area contributed by atoms with Crippen LogP contribution in [-0.4, -0.2) is 28.0 Å². The quantitative estimate of drug-likeness (QED) is 0.772. The van der Waals surface area contributed by atoms with Crippen molar-refractivity contribution < 1.29 is 9.53 Å². The zero-order valence-corrected chi connectivity index (χ0v) is 14.0. The van der Waals surface area contributed by atoms with E-state index in [0.717, 1.165) is 4.68 Å². The van der Waals surface area contributed by atoms with E-state index in [2.05, 4.69) is 15.6 Å². The first-order valence-corrected chi connectivity index (χ1v) is 7.93. The molecule has 0 bridgehead atoms. The third-order valence-corrected chi connectivity index (χ3v) is 3.91. The molecule has 1 heterocycles. The van der Waals surface area contributed by atoms with Gasteiger partial charge >= 0.3 is 0 Å². The van der Waals surface area contributed by atoms with Crippen molar-refractivity contribution in [1.82, 2.24) is 15.0 Å². The molecule has 0 aliphatic rings. The molecule has 0 fully saturated rings. The number of hydrogen-bond acceptors (Lipinski definition) is 5. The Bertz CT molecular complexity index is 968. The molecule has 1 N–H and O–H groups in total. The van der Waals surface area contributed by atoms with Crippen LogP contribution >= 0.6 is 0 Å². The lowest BCUT2D eigenvalue weighted by atomic mass is 10.2. The molecule has 3 aromatic rings. The van der Waals surface area contributed by atoms with E-state index in [4.69, 9.17) is 4.74 Å². The van der Waals surface area contributed by atoms with E-state index in [1.165, 1.54) is 0 Å². The summed E-state index contributed by atoms with van der Waals surface area (Å²) in [6.07, 6.45) is 0.405. The van der Waals surface area contributed by atoms with Gasteiger partial charge in [-0.05, 0) is 30.7 Å². The highest BCUT2D eigenvalue weighted by Gasteiger charge is 2.22. The number of carbonyl (C=O) groups excluding carboxylic acids is 1. The Morgan fingerprint density at radius 2 is 2.04 bits per heavy atom. The minimum Gasteiger partial charge on any atom is -0.497 e. The standard InChI is InChI=1S/C18H18N4O3/c1-3-16(17(23)19-12-7-6-8-13(11-12)25-2)22-18(24)14-9-4-5-10-15(14)20-21-22/h4-11,16H,3H2,1-2H3,(H,19,23)/t16-/m0/s1. The van der Waals surface area contributed by atoms with Crippen LogP contribution in [0.3, 0.4) is 0 Å². The summed E-state index contributed by atoms with van der Waals surface area (Å²) in [5, 5.41) is 11.2. The number of carbonyl (C=O) groups is 1. The number of fused-ring (bicyclic) bond motifs is 1. The van der Waals surface area contributed by atoms with Crippen molar-refractivity contribution in [1.29, 1.82) is 0 Å². The fourth-order valence-corrected chi connectivity index (χ4v) is 2.60. The molecule has 7 heteroatoms. The summed E-state index contributed by atoms with van der Waals surface area (Å²) < 4.78 is 6.28. The fourth-order valence-electron chi connectivity index (χ4n) is 2.60. The first-order valence-electron chi connectivity index (χ1n) is 7.93. The van der Waals surface area contributed by atoms with Crippen LogP contribution in [0, 0.1) is 0 Å². The lowest BCUT2D eigenvalue weighted by molar-refractivity contribution is -0.119. The molecule has 0 unspecified atom stereocenters. The minimum atomic E-state index is -0.754. The van der Waals surface area contributed by atoms with E-state index in [-0.39, 0.29) is 11.5 Å². The van der Waals surface area contributed by atoms with E-state index in [1.54, 1.807) is 55.6 Å². The van der Waals surface area contributed by atoms with E-state index < -0.39 is 6.04 Å². The number of aromatic nitrogens is 3. The third-order valence-electron chi connectivity index (χ3n) is 3.91. The van der Waals surface area contributed by atoms with Crippen molar-refractivity contribution in [2.45, 2.75) is 19.4 Å². The molecule has 0 aliphatic carbocycles. The molecular weight excluding hydrogens is 320 g/mol. The zero-order chi connectivity index (χ0) is 17.8. The molecule has 2 aromatic carbocycles. The highest BCUT2D eigenvalue weighted by molar-refractivity contribution is 5.94. The maximum atomic E-state index is 12.7. The first kappa shape index (κ1) is 16.6. The van der Waals surface area contributed by atoms with Gasteiger partial charge in [-0.25, -0.2) is 0 Å². The Labute approximate surface area is 144 Å². The predicted molar refractivity (Wildman–Crippen MR) is 94.7 cm³/mol. The van der Waals surface area contributed by atoms with Crippen LogP contribution in [0.25, 0.3) is 10.9 Å². The molecular formula is C18H18N4O3. The summed E-state index contributed by atoms with van der Waals surface area (Å²) in [6.45, 7) is 1.82. The number of amides is 1. The number of nitrogens with zero attached hydrogens (tertiary/aromatic N) is 3. The van der Waals surface area contributed by atoms with Crippen molar-refractivity contribution in [3.05, 3.63) is 58.9 Å². The van der Waals surface area contributed by atoms with Crippen LogP contribution in [0.4, 0.5) is 5.69 Å². The molecule has 0 radical (unpaired) electrons. The SMILES string of the molecule is CC[C@@H](C(=O)Nc1cccc(OC)c1)n1nnc2ccccc2c1=O. The predicted octanol–water partition coefficient (Wildman–Crippen LogP) is 2.39. The van der Waals surface area contributed by atoms with Gasteiger partial charge in [-0.15, -0.1) is 5.10 Å². The molecule has 0 saturated heterocycles. The topological polar surface area (TPSA) is 86.1 Å². The van der Waals surface area contributed by atoms with E-state index in [0.29, 0.717) is 28.8 Å². The van der Waals surface area contributed by atoms with E-state index in [9.17, 15) is 9.59 Å². The average Bonchev–Trinajstić information content (AvgIpc) is 2.64. The summed E-state index contributed by atoms with van der Waals surface area (Å²) >= 11 is 0. The molecule has 0 spiro atoms. The summed E-state index contributed by atoms with van der Waals surface area (Å²) in [5.74, 6) is 0.302. The summed E-state index contributed by atoms with van der Waals surface area (Å²) in [5.41, 5.74) is 0.759. The van der Waals surface area contributed by atoms with Crippen molar-refractivity contribution in [3.8, 4) is 5.75 Å². The number of rotatable bonds is 5. The number of benzene rings is 2. The van der Waals surface area contributed by atoms with Gasteiger partial charge in [-0.1, -0.05) is 30.3 Å². The molecule has 25 heavy (non-hydrogen) atoms. The molecule has 1 atom stereocenters. The second-order valence-electron chi connectivity index (χ2n) is 5.50. The number of nitrogens with one attached hydrogen (secondary N) is 1. The normalized spacial score (nSPS) is 11.9. The van der Waals surface area contributed by atoms with Crippen LogP contribution in [0.2, 0.25) is 0 Å². The first-order chi connectivity index (χ1) is 12.1. The van der Waals surface area contributed by atoms with Gasteiger partial charge in [0.05, 0.1) is 12.5 Å². The number of methoxy groups -OCH3 is 1. The van der Waals surface area contributed by atoms with Gasteiger partial charge in [0.1, 0.15) is 17.3 Å². The van der Waals surface area contributed by atoms with Gasteiger partial charge in [0, 0.05) is 11.8 Å². The average molecular weight is 338 g/mol. The molecule has 0 aliphatic heterocycles. The lowest BCUT2D eigenvalue weighted by Gasteiger charge is -2.16. The summed E-state index contributed by atoms with van der Waals surface area (Å²) in [4.78, 5) is 25.3. The van der Waals surface area contributed by atoms with Crippen molar-refractivity contribution in [2.24, 2.45) is 0 Å². The van der Waals surface area contributed by atoms with Crippen LogP contribution in [0.15, 0.2) is 53.3 Å². The maximum Gasteiger partial charge on any atom is 0.278 e. The second-order valence-corrected chi connectivity index (χ2v) is 5.50. The Morgan fingerprint density at radius 1 is 1.24 bits per heavy atom. The fraction of sp³-hybridized carbons (Fsp3) is 0.222. The molecule has 3 rings (SSSR count). The van der Waals surface area contributed by atoms with Crippen LogP contribution in [0.1, 0.15) is 19.4 Å². The molecule has 128 valence electrons. The van der Waals surface area contributed by atoms with Gasteiger partial charge in [-0.3, -0.25) is 9.59 Å². The van der Waals surface area contributed by atoms with E-state index in [1.807, 2.05) is 6.92 Å². The highest BCUT2D eigenvalue weighted by Crippen LogP contribution is 2.19. The monoisotopic (exact) mass is 338 g/mol. The van der Waals surface area contributed by atoms with Gasteiger partial charge in [0.25, 0.3) is 5.56 Å². The number of anilines is 1. The highest BCUT2D eigenvalue weighted by atomic mass is 16.5. The largest absolute Gasteiger partial charge is 0.497 e. The van der Waals surface area contributed by atoms with Crippen LogP contribution in [-0.2, 0) is 4.79 Å². The van der Waals surface area contributed by atoms with E-state index >= 15 is 0 Å². The van der Waals surface area contributed by atoms with Gasteiger partial charge in [0.15, 0.2) is 0 Å². The second kappa shape index (κ2) is 7.12.